The lowest BCUT2D eigenvalue weighted by molar-refractivity contribution is -0.0256. The molecular formula is C26H33F4N5O2S. The van der Waals surface area contributed by atoms with Gasteiger partial charge in [-0.05, 0) is 51.0 Å². The third-order valence-electron chi connectivity index (χ3n) is 7.92. The molecule has 2 aromatic rings. The number of ether oxygens (including phenoxy) is 1. The van der Waals surface area contributed by atoms with E-state index < -0.39 is 23.5 Å². The predicted molar refractivity (Wildman–Crippen MR) is 135 cm³/mol. The van der Waals surface area contributed by atoms with E-state index in [0.717, 1.165) is 69.3 Å². The highest BCUT2D eigenvalue weighted by atomic mass is 32.1. The van der Waals surface area contributed by atoms with Gasteiger partial charge in [0, 0.05) is 31.7 Å². The largest absolute Gasteiger partial charge is 0.380 e. The number of anilines is 1. The van der Waals surface area contributed by atoms with E-state index in [1.54, 1.807) is 0 Å². The van der Waals surface area contributed by atoms with E-state index in [0.29, 0.717) is 36.3 Å². The zero-order chi connectivity index (χ0) is 26.7. The number of pyridine rings is 1. The molecule has 2 aliphatic heterocycles. The van der Waals surface area contributed by atoms with Gasteiger partial charge >= 0.3 is 0 Å². The van der Waals surface area contributed by atoms with Gasteiger partial charge in [0.1, 0.15) is 16.5 Å². The lowest BCUT2D eigenvalue weighted by Crippen LogP contribution is -2.49. The summed E-state index contributed by atoms with van der Waals surface area (Å²) in [5.74, 6) is -1.56. The maximum atomic E-state index is 13.8. The Balaban J connectivity index is 1.05. The van der Waals surface area contributed by atoms with Crippen LogP contribution in [0.25, 0.3) is 0 Å². The average Bonchev–Trinajstić information content (AvgIpc) is 3.55. The Bertz CT molecular complexity index is 1110. The second-order valence-electron chi connectivity index (χ2n) is 10.7. The first-order valence-electron chi connectivity index (χ1n) is 13.2. The molecule has 1 unspecified atom stereocenters. The van der Waals surface area contributed by atoms with Crippen molar-refractivity contribution in [3.05, 3.63) is 40.7 Å². The van der Waals surface area contributed by atoms with Gasteiger partial charge in [-0.3, -0.25) is 14.7 Å². The SMILES string of the molecule is O=C(NCc1ncc(F)cc1F)c1cnc(N2CCC(N3CCCC(COCC4(C(F)F)CC4)C3)CC2)s1. The normalized spacial score (nSPS) is 22.1. The smallest absolute Gasteiger partial charge is 0.263 e. The first kappa shape index (κ1) is 27.3. The highest BCUT2D eigenvalue weighted by molar-refractivity contribution is 7.17. The number of aromatic nitrogens is 2. The molecule has 1 N–H and O–H groups in total. The molecule has 0 aromatic carbocycles. The van der Waals surface area contributed by atoms with Crippen LogP contribution in [0.5, 0.6) is 0 Å². The molecule has 1 saturated carbocycles. The summed E-state index contributed by atoms with van der Waals surface area (Å²) in [4.78, 5) is 25.7. The molecule has 208 valence electrons. The van der Waals surface area contributed by atoms with Crippen molar-refractivity contribution in [3.8, 4) is 0 Å². The van der Waals surface area contributed by atoms with E-state index in [2.05, 4.69) is 25.1 Å². The number of thiazole rings is 1. The lowest BCUT2D eigenvalue weighted by Gasteiger charge is -2.42. The van der Waals surface area contributed by atoms with Crippen LogP contribution >= 0.6 is 11.3 Å². The molecule has 38 heavy (non-hydrogen) atoms. The molecule has 2 saturated heterocycles. The summed E-state index contributed by atoms with van der Waals surface area (Å²) in [5.41, 5.74) is -0.909. The first-order chi connectivity index (χ1) is 18.3. The number of hydrogen-bond acceptors (Lipinski definition) is 7. The molecule has 2 aromatic heterocycles. The molecule has 12 heteroatoms. The van der Waals surface area contributed by atoms with Crippen LogP contribution in [0.1, 0.15) is 53.9 Å². The van der Waals surface area contributed by atoms with Gasteiger partial charge in [0.25, 0.3) is 5.91 Å². The van der Waals surface area contributed by atoms with Crippen molar-refractivity contribution in [2.24, 2.45) is 11.3 Å². The zero-order valence-corrected chi connectivity index (χ0v) is 22.0. The number of carbonyl (C=O) groups is 1. The molecule has 5 rings (SSSR count). The van der Waals surface area contributed by atoms with Gasteiger partial charge in [-0.1, -0.05) is 11.3 Å². The van der Waals surface area contributed by atoms with Gasteiger partial charge in [0.2, 0.25) is 6.43 Å². The molecule has 0 spiro atoms. The van der Waals surface area contributed by atoms with Gasteiger partial charge in [0.05, 0.1) is 43.3 Å². The Labute approximate surface area is 223 Å². The number of piperidine rings is 2. The second-order valence-corrected chi connectivity index (χ2v) is 11.7. The monoisotopic (exact) mass is 555 g/mol. The Morgan fingerprint density at radius 2 is 1.95 bits per heavy atom. The van der Waals surface area contributed by atoms with Crippen molar-refractivity contribution >= 4 is 22.4 Å². The van der Waals surface area contributed by atoms with Gasteiger partial charge in [0.15, 0.2) is 5.13 Å². The molecule has 7 nitrogen and oxygen atoms in total. The average molecular weight is 556 g/mol. The number of nitrogens with zero attached hydrogens (tertiary/aromatic N) is 4. The number of amides is 1. The number of rotatable bonds is 10. The fraction of sp³-hybridized carbons (Fsp3) is 0.654. The molecular weight excluding hydrogens is 522 g/mol. The summed E-state index contributed by atoms with van der Waals surface area (Å²) < 4.78 is 58.8. The fourth-order valence-corrected chi connectivity index (χ4v) is 6.23. The van der Waals surface area contributed by atoms with Crippen LogP contribution in [0.15, 0.2) is 18.5 Å². The number of alkyl halides is 2. The minimum absolute atomic E-state index is 0.0296. The number of likely N-dealkylation sites (tertiary alicyclic amines) is 1. The van der Waals surface area contributed by atoms with E-state index in [1.807, 2.05) is 0 Å². The Hall–Kier alpha value is -2.31. The van der Waals surface area contributed by atoms with Crippen molar-refractivity contribution in [1.82, 2.24) is 20.2 Å². The summed E-state index contributed by atoms with van der Waals surface area (Å²) in [6.45, 7) is 4.24. The van der Waals surface area contributed by atoms with Gasteiger partial charge in [-0.2, -0.15) is 0 Å². The number of nitrogens with one attached hydrogen (secondary N) is 1. The van der Waals surface area contributed by atoms with Gasteiger partial charge in [-0.15, -0.1) is 0 Å². The topological polar surface area (TPSA) is 70.6 Å². The predicted octanol–water partition coefficient (Wildman–Crippen LogP) is 4.49. The van der Waals surface area contributed by atoms with Crippen LogP contribution in [0, 0.1) is 23.0 Å². The van der Waals surface area contributed by atoms with Crippen molar-refractivity contribution in [2.75, 3.05) is 44.3 Å². The Kier molecular flexibility index (Phi) is 8.49. The Morgan fingerprint density at radius 1 is 1.16 bits per heavy atom. The van der Waals surface area contributed by atoms with Crippen LogP contribution in [-0.2, 0) is 11.3 Å². The van der Waals surface area contributed by atoms with Crippen molar-refractivity contribution < 1.29 is 27.1 Å². The van der Waals surface area contributed by atoms with E-state index in [1.165, 1.54) is 17.5 Å². The minimum Gasteiger partial charge on any atom is -0.380 e. The summed E-state index contributed by atoms with van der Waals surface area (Å²) in [6.07, 6.45) is 5.42. The third kappa shape index (κ3) is 6.45. The minimum atomic E-state index is -2.29. The van der Waals surface area contributed by atoms with Crippen LogP contribution < -0.4 is 10.2 Å². The van der Waals surface area contributed by atoms with Crippen molar-refractivity contribution in [1.29, 1.82) is 0 Å². The molecule has 4 heterocycles. The van der Waals surface area contributed by atoms with Gasteiger partial charge in [-0.25, -0.2) is 22.5 Å². The lowest BCUT2D eigenvalue weighted by atomic mass is 9.94. The molecule has 3 aliphatic rings. The summed E-state index contributed by atoms with van der Waals surface area (Å²) in [6, 6.07) is 1.20. The zero-order valence-electron chi connectivity index (χ0n) is 21.2. The van der Waals surface area contributed by atoms with E-state index >= 15 is 0 Å². The van der Waals surface area contributed by atoms with Crippen LogP contribution in [0.3, 0.4) is 0 Å². The molecule has 1 atom stereocenters. The molecule has 3 fully saturated rings. The highest BCUT2D eigenvalue weighted by Gasteiger charge is 2.51. The Morgan fingerprint density at radius 3 is 2.66 bits per heavy atom. The molecule has 1 aliphatic carbocycles. The van der Waals surface area contributed by atoms with E-state index in [4.69, 9.17) is 4.74 Å². The van der Waals surface area contributed by atoms with Crippen molar-refractivity contribution in [2.45, 2.75) is 57.5 Å². The summed E-state index contributed by atoms with van der Waals surface area (Å²) in [5, 5.41) is 3.39. The number of carbonyl (C=O) groups excluding carboxylic acids is 1. The molecule has 1 amide bonds. The second kappa shape index (κ2) is 11.8. The standard InChI is InChI=1S/C26H33F4N5O2S/c27-18-10-20(28)21(31-11-18)12-32-23(36)22-13-33-25(38-22)34-8-3-19(4-9-34)35-7-1-2-17(14-35)15-37-16-26(5-6-26)24(29)30/h10-11,13,17,19,24H,1-9,12,14-16H2,(H,32,36). The van der Waals surface area contributed by atoms with Crippen LogP contribution in [0.2, 0.25) is 0 Å². The number of halogens is 4. The fourth-order valence-electron chi connectivity index (χ4n) is 5.34. The third-order valence-corrected chi connectivity index (χ3v) is 8.97. The maximum absolute atomic E-state index is 13.8. The summed E-state index contributed by atoms with van der Waals surface area (Å²) >= 11 is 1.29. The summed E-state index contributed by atoms with van der Waals surface area (Å²) in [7, 11) is 0. The quantitative estimate of drug-likeness (QED) is 0.436. The van der Waals surface area contributed by atoms with Crippen LogP contribution in [-0.4, -0.2) is 72.6 Å². The van der Waals surface area contributed by atoms with Crippen LogP contribution in [0.4, 0.5) is 22.7 Å². The van der Waals surface area contributed by atoms with Crippen molar-refractivity contribution in [3.63, 3.8) is 0 Å². The highest BCUT2D eigenvalue weighted by Crippen LogP contribution is 2.50. The first-order valence-corrected chi connectivity index (χ1v) is 14.0. The maximum Gasteiger partial charge on any atom is 0.263 e. The van der Waals surface area contributed by atoms with E-state index in [9.17, 15) is 22.4 Å². The van der Waals surface area contributed by atoms with E-state index in [-0.39, 0.29) is 24.8 Å². The number of hydrogen-bond donors (Lipinski definition) is 1. The van der Waals surface area contributed by atoms with Gasteiger partial charge < -0.3 is 15.0 Å². The molecule has 0 radical (unpaired) electrons. The molecule has 0 bridgehead atoms.